The molecular weight excluding hydrogens is 577 g/mol. The number of ether oxygens (including phenoxy) is 1. The number of hydrogen-bond donors (Lipinski definition) is 2. The number of morpholine rings is 1. The van der Waals surface area contributed by atoms with E-state index in [9.17, 15) is 26.8 Å². The highest BCUT2D eigenvalue weighted by atomic mass is 32.2. The summed E-state index contributed by atoms with van der Waals surface area (Å²) in [6.45, 7) is 1.87. The Morgan fingerprint density at radius 2 is 1.82 bits per heavy atom. The highest BCUT2D eigenvalue weighted by Crippen LogP contribution is 2.46. The van der Waals surface area contributed by atoms with Crippen LogP contribution >= 0.6 is 11.3 Å². The zero-order valence-corrected chi connectivity index (χ0v) is 24.0. The van der Waals surface area contributed by atoms with Gasteiger partial charge in [-0.2, -0.15) is 0 Å². The van der Waals surface area contributed by atoms with Crippen molar-refractivity contribution in [1.29, 1.82) is 0 Å². The lowest BCUT2D eigenvalue weighted by atomic mass is 10.0. The maximum Gasteiger partial charge on any atom is 0.254 e. The monoisotopic (exact) mass is 605 g/mol. The van der Waals surface area contributed by atoms with E-state index in [1.54, 1.807) is 23.1 Å². The molecule has 2 fully saturated rings. The second-order valence-electron chi connectivity index (χ2n) is 10.0. The summed E-state index contributed by atoms with van der Waals surface area (Å²) in [4.78, 5) is 32.4. The van der Waals surface area contributed by atoms with Crippen LogP contribution in [0.4, 0.5) is 0 Å². The first-order valence-electron chi connectivity index (χ1n) is 12.8. The second kappa shape index (κ2) is 11.6. The third-order valence-electron chi connectivity index (χ3n) is 7.09. The van der Waals surface area contributed by atoms with Crippen LogP contribution in [-0.4, -0.2) is 77.5 Å². The number of nitrogens with two attached hydrogens (primary N) is 1. The Hall–Kier alpha value is -2.75. The van der Waals surface area contributed by atoms with Crippen molar-refractivity contribution >= 4 is 54.5 Å². The first-order chi connectivity index (χ1) is 19.1. The van der Waals surface area contributed by atoms with Gasteiger partial charge in [-0.25, -0.2) is 18.5 Å². The molecule has 3 N–H and O–H groups in total. The van der Waals surface area contributed by atoms with Crippen LogP contribution < -0.4 is 10.5 Å². The lowest BCUT2D eigenvalue weighted by Gasteiger charge is -2.32. The van der Waals surface area contributed by atoms with Crippen molar-refractivity contribution in [2.45, 2.75) is 24.0 Å². The number of thiazole rings is 1. The summed E-state index contributed by atoms with van der Waals surface area (Å²) in [6, 6.07) is 12.8. The van der Waals surface area contributed by atoms with Gasteiger partial charge in [0.2, 0.25) is 15.9 Å². The average Bonchev–Trinajstić information content (AvgIpc) is 3.65. The van der Waals surface area contributed by atoms with E-state index in [-0.39, 0.29) is 29.8 Å². The van der Waals surface area contributed by atoms with Gasteiger partial charge in [-0.15, -0.1) is 11.3 Å². The molecule has 1 aromatic heterocycles. The van der Waals surface area contributed by atoms with Gasteiger partial charge in [0.05, 0.1) is 29.2 Å². The Kier molecular flexibility index (Phi) is 8.36. The van der Waals surface area contributed by atoms with E-state index in [2.05, 4.69) is 10.3 Å². The molecule has 2 aromatic carbocycles. The van der Waals surface area contributed by atoms with Crippen molar-refractivity contribution < 1.29 is 31.5 Å². The third-order valence-corrected chi connectivity index (χ3v) is 10.3. The number of hydrogen-bond acceptors (Lipinski definition) is 9. The van der Waals surface area contributed by atoms with Crippen LogP contribution in [0.1, 0.15) is 34.6 Å². The molecule has 14 heteroatoms. The van der Waals surface area contributed by atoms with Crippen molar-refractivity contribution in [2.24, 2.45) is 11.1 Å². The van der Waals surface area contributed by atoms with Gasteiger partial charge in [0, 0.05) is 25.2 Å². The fourth-order valence-corrected chi connectivity index (χ4v) is 7.30. The van der Waals surface area contributed by atoms with Crippen LogP contribution in [0.25, 0.3) is 21.3 Å². The summed E-state index contributed by atoms with van der Waals surface area (Å²) >= 11 is -1.74. The number of carbonyl (C=O) groups is 2. The standard InChI is InChI=1S/C26H30N4O7S3/c27-40(35,36)14-9-28-24(32)26(39(33)34,16-17-1-2-17)25-29-21-8-7-20(15-22(21)38-25)18-3-5-19(6-4-18)23(31)30-10-12-37-13-11-30/h3-8,15,17H,1-2,9-14,16H2,(H,28,32)(H,33,34)(H2,27,35,36)/p-1. The Morgan fingerprint density at radius 3 is 2.45 bits per heavy atom. The molecule has 2 atom stereocenters. The summed E-state index contributed by atoms with van der Waals surface area (Å²) in [7, 11) is -3.83. The van der Waals surface area contributed by atoms with Gasteiger partial charge in [0.25, 0.3) is 5.91 Å². The fraction of sp³-hybridized carbons (Fsp3) is 0.423. The number of sulfonamides is 1. The van der Waals surface area contributed by atoms with Crippen molar-refractivity contribution in [3.63, 3.8) is 0 Å². The van der Waals surface area contributed by atoms with E-state index in [0.29, 0.717) is 42.1 Å². The summed E-state index contributed by atoms with van der Waals surface area (Å²) < 4.78 is 52.1. The maximum atomic E-state index is 13.3. The average molecular weight is 606 g/mol. The molecule has 214 valence electrons. The normalized spacial score (nSPS) is 18.3. The molecular formula is C26H29N4O7S3-. The summed E-state index contributed by atoms with van der Waals surface area (Å²) in [5, 5.41) is 7.62. The number of primary sulfonamides is 1. The Bertz CT molecular complexity index is 1550. The zero-order chi connectivity index (χ0) is 28.5. The van der Waals surface area contributed by atoms with Crippen LogP contribution in [0.5, 0.6) is 0 Å². The van der Waals surface area contributed by atoms with E-state index in [0.717, 1.165) is 35.3 Å². The summed E-state index contributed by atoms with van der Waals surface area (Å²) in [6.07, 6.45) is 1.68. The van der Waals surface area contributed by atoms with Gasteiger partial charge in [-0.05, 0) is 58.8 Å². The minimum atomic E-state index is -3.83. The van der Waals surface area contributed by atoms with Gasteiger partial charge in [-0.3, -0.25) is 13.8 Å². The van der Waals surface area contributed by atoms with Gasteiger partial charge in [-0.1, -0.05) is 31.0 Å². The largest absolute Gasteiger partial charge is 0.771 e. The zero-order valence-electron chi connectivity index (χ0n) is 21.5. The molecule has 0 bridgehead atoms. The predicted octanol–water partition coefficient (Wildman–Crippen LogP) is 1.71. The molecule has 3 aromatic rings. The topological polar surface area (TPSA) is 172 Å². The maximum absolute atomic E-state index is 13.3. The highest BCUT2D eigenvalue weighted by molar-refractivity contribution is 7.89. The first-order valence-corrected chi connectivity index (χ1v) is 16.4. The molecule has 2 aliphatic rings. The van der Waals surface area contributed by atoms with Crippen molar-refractivity contribution in [2.75, 3.05) is 38.6 Å². The van der Waals surface area contributed by atoms with E-state index in [4.69, 9.17) is 9.88 Å². The molecule has 2 heterocycles. The molecule has 5 rings (SSSR count). The minimum Gasteiger partial charge on any atom is -0.771 e. The minimum absolute atomic E-state index is 0.0441. The highest BCUT2D eigenvalue weighted by Gasteiger charge is 2.48. The lowest BCUT2D eigenvalue weighted by molar-refractivity contribution is -0.124. The number of nitrogens with zero attached hydrogens (tertiary/aromatic N) is 2. The number of carbonyl (C=O) groups excluding carboxylic acids is 2. The molecule has 1 saturated heterocycles. The van der Waals surface area contributed by atoms with Gasteiger partial charge >= 0.3 is 0 Å². The number of amides is 2. The number of rotatable bonds is 10. The molecule has 2 unspecified atom stereocenters. The Balaban J connectivity index is 1.42. The number of fused-ring (bicyclic) bond motifs is 1. The summed E-state index contributed by atoms with van der Waals surface area (Å²) in [5.41, 5.74) is 2.85. The van der Waals surface area contributed by atoms with Crippen LogP contribution in [0.2, 0.25) is 0 Å². The van der Waals surface area contributed by atoms with Crippen LogP contribution in [-0.2, 0) is 35.4 Å². The van der Waals surface area contributed by atoms with Crippen molar-refractivity contribution in [3.8, 4) is 11.1 Å². The third kappa shape index (κ3) is 6.26. The first kappa shape index (κ1) is 28.8. The molecule has 11 nitrogen and oxygen atoms in total. The van der Waals surface area contributed by atoms with Gasteiger partial charge in [0.1, 0.15) is 5.01 Å². The Morgan fingerprint density at radius 1 is 1.15 bits per heavy atom. The van der Waals surface area contributed by atoms with Crippen molar-refractivity contribution in [3.05, 3.63) is 53.0 Å². The molecule has 2 amide bonds. The fourth-order valence-electron chi connectivity index (χ4n) is 4.70. The lowest BCUT2D eigenvalue weighted by Crippen LogP contribution is -2.49. The molecule has 0 radical (unpaired) electrons. The van der Waals surface area contributed by atoms with Gasteiger partial charge in [0.15, 0.2) is 4.75 Å². The molecule has 1 saturated carbocycles. The Labute approximate surface area is 238 Å². The quantitative estimate of drug-likeness (QED) is 0.329. The van der Waals surface area contributed by atoms with Crippen LogP contribution in [0, 0.1) is 5.92 Å². The van der Waals surface area contributed by atoms with Crippen LogP contribution in [0.3, 0.4) is 0 Å². The van der Waals surface area contributed by atoms with E-state index in [1.807, 2.05) is 24.3 Å². The van der Waals surface area contributed by atoms with E-state index in [1.165, 1.54) is 0 Å². The summed E-state index contributed by atoms with van der Waals surface area (Å²) in [5.74, 6) is -1.30. The SMILES string of the molecule is NS(=O)(=O)CCNC(=O)C(CC1CC1)(c1nc2ccc(-c3ccc(C(=O)N4CCOCC4)cc3)cc2s1)S(=O)[O-]. The second-order valence-corrected chi connectivity index (χ2v) is 13.9. The number of nitrogens with one attached hydrogen (secondary N) is 1. The number of aromatic nitrogens is 1. The van der Waals surface area contributed by atoms with E-state index < -0.39 is 37.5 Å². The smallest absolute Gasteiger partial charge is 0.254 e. The molecule has 0 spiro atoms. The predicted molar refractivity (Wildman–Crippen MR) is 151 cm³/mol. The molecule has 40 heavy (non-hydrogen) atoms. The molecule has 1 aliphatic heterocycles. The van der Waals surface area contributed by atoms with E-state index >= 15 is 0 Å². The number of benzene rings is 2. The van der Waals surface area contributed by atoms with Crippen molar-refractivity contribution in [1.82, 2.24) is 15.2 Å². The van der Waals surface area contributed by atoms with Crippen LogP contribution in [0.15, 0.2) is 42.5 Å². The molecule has 1 aliphatic carbocycles. The van der Waals surface area contributed by atoms with Gasteiger partial charge < -0.3 is 19.5 Å².